The number of fused-ring (bicyclic) bond motifs is 2. The van der Waals surface area contributed by atoms with E-state index in [9.17, 15) is 29.1 Å². The Bertz CT molecular complexity index is 1250. The van der Waals surface area contributed by atoms with Crippen LogP contribution in [0.5, 0.6) is 5.75 Å². The van der Waals surface area contributed by atoms with Crippen LogP contribution in [0.25, 0.3) is 0 Å². The number of ether oxygens (including phenoxy) is 1. The van der Waals surface area contributed by atoms with Crippen LogP contribution >= 0.6 is 23.1 Å². The van der Waals surface area contributed by atoms with Gasteiger partial charge in [-0.1, -0.05) is 41.3 Å². The van der Waals surface area contributed by atoms with E-state index in [-0.39, 0.29) is 17.4 Å². The Morgan fingerprint density at radius 2 is 1.83 bits per heavy atom. The first-order valence-corrected chi connectivity index (χ1v) is 13.0. The van der Waals surface area contributed by atoms with Crippen LogP contribution < -0.4 is 9.61 Å². The van der Waals surface area contributed by atoms with Gasteiger partial charge in [0, 0.05) is 29.4 Å². The lowest BCUT2D eigenvalue weighted by Gasteiger charge is -2.31. The van der Waals surface area contributed by atoms with E-state index in [1.54, 1.807) is 29.2 Å². The number of imide groups is 1. The number of amides is 3. The number of para-hydroxylation sites is 1. The third-order valence-corrected chi connectivity index (χ3v) is 8.92. The Morgan fingerprint density at radius 1 is 1.09 bits per heavy atom. The van der Waals surface area contributed by atoms with Crippen molar-refractivity contribution in [2.45, 2.75) is 35.5 Å². The molecule has 0 bridgehead atoms. The topological polar surface area (TPSA) is 137 Å². The molecule has 3 aliphatic rings. The van der Waals surface area contributed by atoms with E-state index in [4.69, 9.17) is 4.74 Å². The number of rotatable bonds is 6. The van der Waals surface area contributed by atoms with Gasteiger partial charge in [-0.3, -0.25) is 28.9 Å². The SMILES string of the molecule is O=C(O)CN1C(=O)[C@@H]2[C@H](c3ccccc3OCC(=O)N3CCCCC3)c3sc(=O)[nH]c3S[C@@H]2C1=O. The quantitative estimate of drug-likeness (QED) is 0.550. The molecule has 5 rings (SSSR count). The molecular weight excluding hydrogens is 494 g/mol. The van der Waals surface area contributed by atoms with Gasteiger partial charge in [-0.05, 0) is 25.3 Å². The number of carboxylic acid groups (broad SMARTS) is 1. The van der Waals surface area contributed by atoms with Crippen LogP contribution in [0.3, 0.4) is 0 Å². The van der Waals surface area contributed by atoms with Gasteiger partial charge in [-0.2, -0.15) is 0 Å². The molecule has 2 saturated heterocycles. The Labute approximate surface area is 208 Å². The molecule has 3 amide bonds. The number of hydrogen-bond acceptors (Lipinski definition) is 8. The number of aromatic nitrogens is 1. The van der Waals surface area contributed by atoms with Crippen molar-refractivity contribution in [3.8, 4) is 5.75 Å². The van der Waals surface area contributed by atoms with Gasteiger partial charge < -0.3 is 19.7 Å². The number of nitrogens with zero attached hydrogens (tertiary/aromatic N) is 2. The van der Waals surface area contributed by atoms with Crippen molar-refractivity contribution in [2.24, 2.45) is 5.92 Å². The molecule has 2 N–H and O–H groups in total. The Balaban J connectivity index is 1.49. The Hall–Kier alpha value is -3.12. The predicted molar refractivity (Wildman–Crippen MR) is 127 cm³/mol. The monoisotopic (exact) mass is 517 g/mol. The molecular formula is C23H23N3O7S2. The number of carbonyl (C=O) groups is 4. The summed E-state index contributed by atoms with van der Waals surface area (Å²) in [5.41, 5.74) is 0.573. The Kier molecular flexibility index (Phi) is 6.41. The molecule has 3 aliphatic heterocycles. The first kappa shape index (κ1) is 23.6. The predicted octanol–water partition coefficient (Wildman–Crippen LogP) is 1.50. The molecule has 12 heteroatoms. The van der Waals surface area contributed by atoms with Crippen molar-refractivity contribution in [1.29, 1.82) is 0 Å². The minimum atomic E-state index is -1.28. The van der Waals surface area contributed by atoms with E-state index in [0.29, 0.717) is 34.3 Å². The number of carboxylic acids is 1. The fourth-order valence-electron chi connectivity index (χ4n) is 4.94. The molecule has 0 spiro atoms. The average molecular weight is 518 g/mol. The molecule has 2 aromatic rings. The van der Waals surface area contributed by atoms with Gasteiger partial charge in [0.05, 0.1) is 10.9 Å². The minimum Gasteiger partial charge on any atom is -0.483 e. The summed E-state index contributed by atoms with van der Waals surface area (Å²) in [7, 11) is 0. The maximum absolute atomic E-state index is 13.3. The lowest BCUT2D eigenvalue weighted by molar-refractivity contribution is -0.149. The zero-order valence-electron chi connectivity index (χ0n) is 18.6. The van der Waals surface area contributed by atoms with Crippen LogP contribution in [0.15, 0.2) is 34.1 Å². The van der Waals surface area contributed by atoms with E-state index in [0.717, 1.165) is 47.3 Å². The fourth-order valence-corrected chi connectivity index (χ4v) is 7.47. The molecule has 4 heterocycles. The van der Waals surface area contributed by atoms with E-state index in [2.05, 4.69) is 4.98 Å². The molecule has 0 radical (unpaired) electrons. The second-order valence-electron chi connectivity index (χ2n) is 8.67. The molecule has 1 aromatic carbocycles. The molecule has 0 unspecified atom stereocenters. The van der Waals surface area contributed by atoms with E-state index in [1.165, 1.54) is 0 Å². The van der Waals surface area contributed by atoms with Gasteiger partial charge in [0.1, 0.15) is 17.5 Å². The van der Waals surface area contributed by atoms with Gasteiger partial charge in [0.2, 0.25) is 11.8 Å². The van der Waals surface area contributed by atoms with E-state index >= 15 is 0 Å². The summed E-state index contributed by atoms with van der Waals surface area (Å²) >= 11 is 2.04. The van der Waals surface area contributed by atoms with Gasteiger partial charge in [-0.25, -0.2) is 0 Å². The van der Waals surface area contributed by atoms with Crippen LogP contribution in [0.1, 0.15) is 35.6 Å². The molecule has 0 saturated carbocycles. The number of thioether (sulfide) groups is 1. The van der Waals surface area contributed by atoms with Crippen LogP contribution in [-0.4, -0.2) is 75.1 Å². The smallest absolute Gasteiger partial charge is 0.323 e. The number of carbonyl (C=O) groups excluding carboxylic acids is 3. The van der Waals surface area contributed by atoms with Crippen LogP contribution in [0.2, 0.25) is 0 Å². The first-order chi connectivity index (χ1) is 16.8. The zero-order chi connectivity index (χ0) is 24.7. The summed E-state index contributed by atoms with van der Waals surface area (Å²) in [6.07, 6.45) is 3.02. The molecule has 10 nitrogen and oxygen atoms in total. The van der Waals surface area contributed by atoms with Crippen molar-refractivity contribution in [1.82, 2.24) is 14.8 Å². The van der Waals surface area contributed by atoms with E-state index in [1.807, 2.05) is 0 Å². The fraction of sp³-hybridized carbons (Fsp3) is 0.435. The zero-order valence-corrected chi connectivity index (χ0v) is 20.2. The lowest BCUT2D eigenvalue weighted by atomic mass is 9.82. The maximum atomic E-state index is 13.3. The number of nitrogens with one attached hydrogen (secondary N) is 1. The summed E-state index contributed by atoms with van der Waals surface area (Å²) in [4.78, 5) is 68.1. The third-order valence-electron chi connectivity index (χ3n) is 6.52. The largest absolute Gasteiger partial charge is 0.483 e. The molecule has 0 aliphatic carbocycles. The second-order valence-corrected chi connectivity index (χ2v) is 10.8. The maximum Gasteiger partial charge on any atom is 0.323 e. The van der Waals surface area contributed by atoms with Crippen LogP contribution in [0.4, 0.5) is 0 Å². The number of likely N-dealkylation sites (tertiary alicyclic amines) is 2. The van der Waals surface area contributed by atoms with Crippen molar-refractivity contribution in [3.05, 3.63) is 44.4 Å². The summed E-state index contributed by atoms with van der Waals surface area (Å²) in [5.74, 6) is -3.79. The summed E-state index contributed by atoms with van der Waals surface area (Å²) in [6.45, 7) is 0.514. The number of H-pyrrole nitrogens is 1. The second kappa shape index (κ2) is 9.50. The van der Waals surface area contributed by atoms with Crippen molar-refractivity contribution in [3.63, 3.8) is 0 Å². The standard InChI is InChI=1S/C23H23N3O7S2/c27-14(25-8-4-1-5-9-25)11-33-13-7-3-2-6-12(13)16-17-19(34-20-18(16)35-23(32)24-20)22(31)26(21(17)30)10-15(28)29/h2-3,6-7,16-17,19H,1,4-5,8-11H2,(H,24,32)(H,28,29)/t16-,17+,19-/m0/s1. The van der Waals surface area contributed by atoms with Crippen LogP contribution in [-0.2, 0) is 19.2 Å². The molecule has 2 fully saturated rings. The van der Waals surface area contributed by atoms with Crippen molar-refractivity contribution < 1.29 is 29.0 Å². The number of aromatic amines is 1. The summed E-state index contributed by atoms with van der Waals surface area (Å²) in [6, 6.07) is 6.96. The third kappa shape index (κ3) is 4.36. The van der Waals surface area contributed by atoms with E-state index < -0.39 is 41.4 Å². The van der Waals surface area contributed by atoms with Gasteiger partial charge in [0.25, 0.3) is 5.91 Å². The number of hydrogen-bond donors (Lipinski definition) is 2. The number of piperidine rings is 1. The normalized spacial score (nSPS) is 23.7. The number of thiazole rings is 1. The lowest BCUT2D eigenvalue weighted by Crippen LogP contribution is -2.38. The van der Waals surface area contributed by atoms with Crippen LogP contribution in [0, 0.1) is 5.92 Å². The summed E-state index contributed by atoms with van der Waals surface area (Å²) in [5, 5.41) is 8.84. The molecule has 35 heavy (non-hydrogen) atoms. The molecule has 184 valence electrons. The minimum absolute atomic E-state index is 0.122. The summed E-state index contributed by atoms with van der Waals surface area (Å²) < 4.78 is 5.94. The highest BCUT2D eigenvalue weighted by Gasteiger charge is 2.56. The first-order valence-electron chi connectivity index (χ1n) is 11.3. The number of benzene rings is 1. The Morgan fingerprint density at radius 3 is 2.57 bits per heavy atom. The highest BCUT2D eigenvalue weighted by Crippen LogP contribution is 2.53. The average Bonchev–Trinajstić information content (AvgIpc) is 3.33. The van der Waals surface area contributed by atoms with Gasteiger partial charge in [0.15, 0.2) is 6.61 Å². The van der Waals surface area contributed by atoms with Gasteiger partial charge in [-0.15, -0.1) is 0 Å². The van der Waals surface area contributed by atoms with Gasteiger partial charge >= 0.3 is 10.8 Å². The highest BCUT2D eigenvalue weighted by molar-refractivity contribution is 8.00. The highest BCUT2D eigenvalue weighted by atomic mass is 32.2. The molecule has 1 aromatic heterocycles. The van der Waals surface area contributed by atoms with Crippen molar-refractivity contribution >= 4 is 46.8 Å². The number of aliphatic carboxylic acids is 1. The van der Waals surface area contributed by atoms with Crippen molar-refractivity contribution in [2.75, 3.05) is 26.2 Å². The molecule has 3 atom stereocenters.